The van der Waals surface area contributed by atoms with Crippen LogP contribution in [0.5, 0.6) is 0 Å². The summed E-state index contributed by atoms with van der Waals surface area (Å²) in [6.45, 7) is 14.6. The van der Waals surface area contributed by atoms with E-state index in [0.717, 1.165) is 50.3 Å². The van der Waals surface area contributed by atoms with Crippen molar-refractivity contribution in [2.75, 3.05) is 46.8 Å². The highest BCUT2D eigenvalue weighted by molar-refractivity contribution is 5.80. The van der Waals surface area contributed by atoms with Gasteiger partial charge in [-0.05, 0) is 50.9 Å². The Balaban J connectivity index is 1.84. The molecule has 2 rings (SSSR count). The summed E-state index contributed by atoms with van der Waals surface area (Å²) in [6.07, 6.45) is 4.10. The van der Waals surface area contributed by atoms with E-state index in [0.29, 0.717) is 12.3 Å². The number of rotatable bonds is 5. The van der Waals surface area contributed by atoms with Crippen molar-refractivity contribution in [2.24, 2.45) is 22.7 Å². The topological polar surface area (TPSA) is 60.0 Å². The van der Waals surface area contributed by atoms with E-state index in [1.807, 2.05) is 7.05 Å². The van der Waals surface area contributed by atoms with Gasteiger partial charge >= 0.3 is 0 Å². The lowest BCUT2D eigenvalue weighted by Gasteiger charge is -2.46. The molecule has 2 heterocycles. The summed E-state index contributed by atoms with van der Waals surface area (Å²) < 4.78 is 0. The summed E-state index contributed by atoms with van der Waals surface area (Å²) in [6, 6.07) is 0. The molecule has 0 saturated carbocycles. The molecule has 2 atom stereocenters. The van der Waals surface area contributed by atoms with Crippen LogP contribution in [-0.4, -0.2) is 74.0 Å². The third kappa shape index (κ3) is 6.37. The standard InChI is InChI=1S/C21H41N5O/c1-16-11-17(2)14-26(13-16)21(3,4)15-24-20(23-6)25-9-7-18(8-10-25)12-19(27)22-5/h16-18H,7-15H2,1-6H3,(H,22,27)(H,23,24). The van der Waals surface area contributed by atoms with E-state index in [9.17, 15) is 4.79 Å². The third-order valence-electron chi connectivity index (χ3n) is 6.28. The van der Waals surface area contributed by atoms with Crippen LogP contribution in [0.1, 0.15) is 53.4 Å². The number of carbonyl (C=O) groups is 1. The molecule has 0 aromatic carbocycles. The van der Waals surface area contributed by atoms with Crippen LogP contribution in [0.15, 0.2) is 4.99 Å². The molecular formula is C21H41N5O. The van der Waals surface area contributed by atoms with E-state index in [1.165, 1.54) is 19.5 Å². The quantitative estimate of drug-likeness (QED) is 0.568. The molecule has 2 fully saturated rings. The number of nitrogens with one attached hydrogen (secondary N) is 2. The van der Waals surface area contributed by atoms with Crippen LogP contribution in [0.4, 0.5) is 0 Å². The van der Waals surface area contributed by atoms with Crippen LogP contribution < -0.4 is 10.6 Å². The number of piperidine rings is 2. The fraction of sp³-hybridized carbons (Fsp3) is 0.905. The molecule has 2 aliphatic rings. The van der Waals surface area contributed by atoms with Crippen LogP contribution in [0, 0.1) is 17.8 Å². The zero-order valence-electron chi connectivity index (χ0n) is 18.3. The first kappa shape index (κ1) is 22.0. The number of nitrogens with zero attached hydrogens (tertiary/aromatic N) is 3. The summed E-state index contributed by atoms with van der Waals surface area (Å²) in [5.74, 6) is 3.19. The smallest absolute Gasteiger partial charge is 0.220 e. The maximum absolute atomic E-state index is 11.6. The van der Waals surface area contributed by atoms with E-state index < -0.39 is 0 Å². The normalized spacial score (nSPS) is 26.1. The van der Waals surface area contributed by atoms with Gasteiger partial charge in [-0.1, -0.05) is 13.8 Å². The van der Waals surface area contributed by atoms with Gasteiger partial charge in [-0.2, -0.15) is 0 Å². The van der Waals surface area contributed by atoms with Gasteiger partial charge in [0.05, 0.1) is 0 Å². The second-order valence-electron chi connectivity index (χ2n) is 9.37. The van der Waals surface area contributed by atoms with E-state index in [1.54, 1.807) is 7.05 Å². The molecule has 27 heavy (non-hydrogen) atoms. The molecule has 2 aliphatic heterocycles. The van der Waals surface area contributed by atoms with Gasteiger partial charge in [-0.3, -0.25) is 14.7 Å². The number of hydrogen-bond donors (Lipinski definition) is 2. The van der Waals surface area contributed by atoms with Crippen LogP contribution in [0.25, 0.3) is 0 Å². The zero-order chi connectivity index (χ0) is 20.0. The molecular weight excluding hydrogens is 338 g/mol. The second-order valence-corrected chi connectivity index (χ2v) is 9.37. The number of amides is 1. The van der Waals surface area contributed by atoms with Crippen LogP contribution in [0.3, 0.4) is 0 Å². The Morgan fingerprint density at radius 2 is 1.74 bits per heavy atom. The van der Waals surface area contributed by atoms with Gasteiger partial charge in [0.2, 0.25) is 5.91 Å². The lowest BCUT2D eigenvalue weighted by Crippen LogP contribution is -2.57. The molecule has 0 aliphatic carbocycles. The lowest BCUT2D eigenvalue weighted by molar-refractivity contribution is -0.121. The predicted molar refractivity (Wildman–Crippen MR) is 113 cm³/mol. The molecule has 0 aromatic heterocycles. The van der Waals surface area contributed by atoms with Gasteiger partial charge in [0.15, 0.2) is 5.96 Å². The third-order valence-corrected chi connectivity index (χ3v) is 6.28. The number of carbonyl (C=O) groups excluding carboxylic acids is 1. The molecule has 156 valence electrons. The minimum atomic E-state index is 0.108. The molecule has 0 radical (unpaired) electrons. The van der Waals surface area contributed by atoms with E-state index in [-0.39, 0.29) is 11.4 Å². The molecule has 6 heteroatoms. The van der Waals surface area contributed by atoms with Gasteiger partial charge in [0.1, 0.15) is 0 Å². The van der Waals surface area contributed by atoms with Gasteiger partial charge < -0.3 is 15.5 Å². The Bertz CT molecular complexity index is 501. The molecule has 0 spiro atoms. The van der Waals surface area contributed by atoms with Crippen molar-refractivity contribution in [1.82, 2.24) is 20.4 Å². The first-order chi connectivity index (χ1) is 12.7. The van der Waals surface area contributed by atoms with Crippen molar-refractivity contribution in [3.8, 4) is 0 Å². The minimum absolute atomic E-state index is 0.108. The van der Waals surface area contributed by atoms with Crippen LogP contribution in [0.2, 0.25) is 0 Å². The fourth-order valence-electron chi connectivity index (χ4n) is 4.61. The summed E-state index contributed by atoms with van der Waals surface area (Å²) in [7, 11) is 3.59. The first-order valence-corrected chi connectivity index (χ1v) is 10.7. The highest BCUT2D eigenvalue weighted by atomic mass is 16.1. The van der Waals surface area contributed by atoms with Crippen molar-refractivity contribution in [2.45, 2.75) is 58.9 Å². The lowest BCUT2D eigenvalue weighted by atomic mass is 9.88. The summed E-state index contributed by atoms with van der Waals surface area (Å²) in [5.41, 5.74) is 0.108. The van der Waals surface area contributed by atoms with Gasteiger partial charge in [0, 0.05) is 58.8 Å². The van der Waals surface area contributed by atoms with Gasteiger partial charge in [0.25, 0.3) is 0 Å². The number of hydrogen-bond acceptors (Lipinski definition) is 3. The fourth-order valence-corrected chi connectivity index (χ4v) is 4.61. The van der Waals surface area contributed by atoms with E-state index in [2.05, 4.69) is 53.1 Å². The minimum Gasteiger partial charge on any atom is -0.359 e. The predicted octanol–water partition coefficient (Wildman–Crippen LogP) is 2.17. The maximum atomic E-state index is 11.6. The van der Waals surface area contributed by atoms with Gasteiger partial charge in [-0.15, -0.1) is 0 Å². The number of guanidine groups is 1. The maximum Gasteiger partial charge on any atom is 0.220 e. The van der Waals surface area contributed by atoms with Crippen molar-refractivity contribution >= 4 is 11.9 Å². The Kier molecular flexibility index (Phi) is 7.95. The SMILES string of the molecule is CN=C(NCC(C)(C)N1CC(C)CC(C)C1)N1CCC(CC(=O)NC)CC1. The number of aliphatic imine (C=N–C) groups is 1. The molecule has 2 unspecified atom stereocenters. The number of likely N-dealkylation sites (tertiary alicyclic amines) is 2. The molecule has 0 aromatic rings. The molecule has 0 bridgehead atoms. The second kappa shape index (κ2) is 9.76. The summed E-state index contributed by atoms with van der Waals surface area (Å²) in [4.78, 5) is 21.1. The van der Waals surface area contributed by atoms with Crippen LogP contribution >= 0.6 is 0 Å². The Hall–Kier alpha value is -1.30. The highest BCUT2D eigenvalue weighted by Gasteiger charge is 2.33. The molecule has 2 saturated heterocycles. The Morgan fingerprint density at radius 3 is 2.26 bits per heavy atom. The monoisotopic (exact) mass is 379 g/mol. The van der Waals surface area contributed by atoms with Crippen molar-refractivity contribution in [3.63, 3.8) is 0 Å². The summed E-state index contributed by atoms with van der Waals surface area (Å²) >= 11 is 0. The van der Waals surface area contributed by atoms with Crippen molar-refractivity contribution < 1.29 is 4.79 Å². The largest absolute Gasteiger partial charge is 0.359 e. The molecule has 2 N–H and O–H groups in total. The average Bonchev–Trinajstić information content (AvgIpc) is 2.62. The first-order valence-electron chi connectivity index (χ1n) is 10.7. The highest BCUT2D eigenvalue weighted by Crippen LogP contribution is 2.27. The average molecular weight is 380 g/mol. The van der Waals surface area contributed by atoms with Crippen molar-refractivity contribution in [3.05, 3.63) is 0 Å². The van der Waals surface area contributed by atoms with Crippen molar-refractivity contribution in [1.29, 1.82) is 0 Å². The molecule has 1 amide bonds. The van der Waals surface area contributed by atoms with E-state index in [4.69, 9.17) is 0 Å². The summed E-state index contributed by atoms with van der Waals surface area (Å²) in [5, 5.41) is 6.37. The zero-order valence-corrected chi connectivity index (χ0v) is 18.3. The van der Waals surface area contributed by atoms with Crippen LogP contribution in [-0.2, 0) is 4.79 Å². The van der Waals surface area contributed by atoms with Gasteiger partial charge in [-0.25, -0.2) is 0 Å². The van der Waals surface area contributed by atoms with E-state index >= 15 is 0 Å². The molecule has 6 nitrogen and oxygen atoms in total. The Labute approximate surface area is 166 Å². The Morgan fingerprint density at radius 1 is 1.15 bits per heavy atom.